The number of aliphatic hydroxyl groups is 1. The molecule has 0 bridgehead atoms. The van der Waals surface area contributed by atoms with Gasteiger partial charge in [0.15, 0.2) is 11.5 Å². The summed E-state index contributed by atoms with van der Waals surface area (Å²) < 4.78 is 12.2. The minimum atomic E-state index is -0.858. The van der Waals surface area contributed by atoms with Gasteiger partial charge in [-0.3, -0.25) is 0 Å². The van der Waals surface area contributed by atoms with Crippen molar-refractivity contribution in [1.82, 2.24) is 15.0 Å². The highest BCUT2D eigenvalue weighted by Gasteiger charge is 2.23. The highest BCUT2D eigenvalue weighted by Crippen LogP contribution is 2.41. The van der Waals surface area contributed by atoms with Crippen molar-refractivity contribution in [3.05, 3.63) is 34.6 Å². The smallest absolute Gasteiger partial charge is 0.231 e. The van der Waals surface area contributed by atoms with E-state index in [9.17, 15) is 5.11 Å². The summed E-state index contributed by atoms with van der Waals surface area (Å²) in [4.78, 5) is 0. The van der Waals surface area contributed by atoms with Gasteiger partial charge in [-0.05, 0) is 24.1 Å². The molecule has 1 aromatic heterocycles. The van der Waals surface area contributed by atoms with E-state index in [0.29, 0.717) is 34.3 Å². The average molecular weight is 296 g/mol. The Kier molecular flexibility index (Phi) is 3.50. The third kappa shape index (κ3) is 2.21. The van der Waals surface area contributed by atoms with E-state index in [2.05, 4.69) is 10.3 Å². The molecule has 2 aromatic rings. The molecule has 106 valence electrons. The lowest BCUT2D eigenvalue weighted by Crippen LogP contribution is -2.10. The van der Waals surface area contributed by atoms with Crippen LogP contribution in [0.4, 0.5) is 0 Å². The van der Waals surface area contributed by atoms with Crippen LogP contribution in [0, 0.1) is 0 Å². The fourth-order valence-corrected chi connectivity index (χ4v) is 2.45. The van der Waals surface area contributed by atoms with Crippen LogP contribution < -0.4 is 9.47 Å². The number of aliphatic hydroxyl groups excluding tert-OH is 1. The molecular formula is C13H14ClN3O3. The van der Waals surface area contributed by atoms with Crippen molar-refractivity contribution in [2.75, 3.05) is 6.79 Å². The van der Waals surface area contributed by atoms with E-state index in [1.165, 1.54) is 0 Å². The molecule has 1 N–H and O–H groups in total. The molecule has 0 aliphatic carbocycles. The van der Waals surface area contributed by atoms with Gasteiger partial charge in [-0.15, -0.1) is 5.10 Å². The third-order valence-corrected chi connectivity index (χ3v) is 3.41. The fourth-order valence-electron chi connectivity index (χ4n) is 2.18. The van der Waals surface area contributed by atoms with E-state index in [4.69, 9.17) is 21.1 Å². The first-order chi connectivity index (χ1) is 9.70. The van der Waals surface area contributed by atoms with Gasteiger partial charge >= 0.3 is 0 Å². The van der Waals surface area contributed by atoms with Crippen molar-refractivity contribution in [3.63, 3.8) is 0 Å². The number of rotatable bonds is 4. The molecule has 0 saturated heterocycles. The Morgan fingerprint density at radius 2 is 2.30 bits per heavy atom. The van der Waals surface area contributed by atoms with Crippen LogP contribution in [0.1, 0.15) is 30.7 Å². The maximum absolute atomic E-state index is 10.5. The highest BCUT2D eigenvalue weighted by molar-refractivity contribution is 6.32. The SMILES string of the molecule is CCCn1nncc1C(O)c1cc(Cl)c2c(c1)OCO2. The topological polar surface area (TPSA) is 69.4 Å². The molecular weight excluding hydrogens is 282 g/mol. The molecule has 20 heavy (non-hydrogen) atoms. The maximum Gasteiger partial charge on any atom is 0.231 e. The van der Waals surface area contributed by atoms with Crippen molar-refractivity contribution in [2.45, 2.75) is 26.0 Å². The number of halogens is 1. The van der Waals surface area contributed by atoms with Crippen molar-refractivity contribution < 1.29 is 14.6 Å². The molecule has 6 nitrogen and oxygen atoms in total. The second kappa shape index (κ2) is 5.30. The summed E-state index contributed by atoms with van der Waals surface area (Å²) in [5, 5.41) is 18.7. The number of fused-ring (bicyclic) bond motifs is 1. The quantitative estimate of drug-likeness (QED) is 0.936. The lowest BCUT2D eigenvalue weighted by Gasteiger charge is -2.13. The molecule has 2 heterocycles. The highest BCUT2D eigenvalue weighted by atomic mass is 35.5. The first-order valence-electron chi connectivity index (χ1n) is 6.36. The van der Waals surface area contributed by atoms with E-state index in [0.717, 1.165) is 6.42 Å². The predicted octanol–water partition coefficient (Wildman–Crippen LogP) is 2.15. The number of hydrogen-bond acceptors (Lipinski definition) is 5. The van der Waals surface area contributed by atoms with E-state index in [1.54, 1.807) is 23.0 Å². The monoisotopic (exact) mass is 295 g/mol. The first-order valence-corrected chi connectivity index (χ1v) is 6.74. The zero-order chi connectivity index (χ0) is 14.1. The minimum Gasteiger partial charge on any atom is -0.454 e. The Morgan fingerprint density at radius 1 is 1.45 bits per heavy atom. The molecule has 0 spiro atoms. The van der Waals surface area contributed by atoms with Gasteiger partial charge in [0.2, 0.25) is 6.79 Å². The number of nitrogens with zero attached hydrogens (tertiary/aromatic N) is 3. The molecule has 0 radical (unpaired) electrons. The summed E-state index contributed by atoms with van der Waals surface area (Å²) in [6.07, 6.45) is 1.60. The van der Waals surface area contributed by atoms with Crippen LogP contribution >= 0.6 is 11.6 Å². The Hall–Kier alpha value is -1.79. The summed E-state index contributed by atoms with van der Waals surface area (Å²) in [6.45, 7) is 2.88. The van der Waals surface area contributed by atoms with Crippen molar-refractivity contribution in [2.24, 2.45) is 0 Å². The van der Waals surface area contributed by atoms with Crippen LogP contribution in [0.25, 0.3) is 0 Å². The Bertz CT molecular complexity index is 629. The van der Waals surface area contributed by atoms with Crippen LogP contribution in [0.15, 0.2) is 18.3 Å². The van der Waals surface area contributed by atoms with Gasteiger partial charge in [0.25, 0.3) is 0 Å². The molecule has 1 unspecified atom stereocenters. The lowest BCUT2D eigenvalue weighted by molar-refractivity contribution is 0.173. The fraction of sp³-hybridized carbons (Fsp3) is 0.385. The molecule has 3 rings (SSSR count). The van der Waals surface area contributed by atoms with Crippen LogP contribution in [-0.2, 0) is 6.54 Å². The summed E-state index contributed by atoms with van der Waals surface area (Å²) in [7, 11) is 0. The molecule has 1 aromatic carbocycles. The zero-order valence-corrected chi connectivity index (χ0v) is 11.7. The molecule has 1 aliphatic heterocycles. The number of ether oxygens (including phenoxy) is 2. The number of hydrogen-bond donors (Lipinski definition) is 1. The normalized spacial score (nSPS) is 14.6. The first kappa shape index (κ1) is 13.2. The predicted molar refractivity (Wildman–Crippen MR) is 71.9 cm³/mol. The molecule has 1 atom stereocenters. The molecule has 0 fully saturated rings. The van der Waals surface area contributed by atoms with Crippen LogP contribution in [0.3, 0.4) is 0 Å². The summed E-state index contributed by atoms with van der Waals surface area (Å²) in [6, 6.07) is 3.39. The number of aromatic nitrogens is 3. The molecule has 0 saturated carbocycles. The second-order valence-corrected chi connectivity index (χ2v) is 4.93. The molecule has 7 heteroatoms. The number of aryl methyl sites for hydroxylation is 1. The van der Waals surface area contributed by atoms with Gasteiger partial charge in [-0.1, -0.05) is 23.7 Å². The van der Waals surface area contributed by atoms with Crippen molar-refractivity contribution >= 4 is 11.6 Å². The third-order valence-electron chi connectivity index (χ3n) is 3.13. The van der Waals surface area contributed by atoms with E-state index >= 15 is 0 Å². The van der Waals surface area contributed by atoms with Crippen molar-refractivity contribution in [1.29, 1.82) is 0 Å². The second-order valence-electron chi connectivity index (χ2n) is 4.52. The van der Waals surface area contributed by atoms with E-state index in [-0.39, 0.29) is 6.79 Å². The Balaban J connectivity index is 1.96. The summed E-state index contributed by atoms with van der Waals surface area (Å²) >= 11 is 6.13. The van der Waals surface area contributed by atoms with Crippen LogP contribution in [0.2, 0.25) is 5.02 Å². The van der Waals surface area contributed by atoms with Gasteiger partial charge in [0, 0.05) is 6.54 Å². The van der Waals surface area contributed by atoms with Gasteiger partial charge in [-0.2, -0.15) is 0 Å². The van der Waals surface area contributed by atoms with Gasteiger partial charge in [-0.25, -0.2) is 4.68 Å². The number of benzene rings is 1. The van der Waals surface area contributed by atoms with Crippen molar-refractivity contribution in [3.8, 4) is 11.5 Å². The minimum absolute atomic E-state index is 0.143. The Morgan fingerprint density at radius 3 is 3.10 bits per heavy atom. The van der Waals surface area contributed by atoms with E-state index in [1.807, 2.05) is 6.92 Å². The van der Waals surface area contributed by atoms with E-state index < -0.39 is 6.10 Å². The van der Waals surface area contributed by atoms with Gasteiger partial charge in [0.1, 0.15) is 6.10 Å². The van der Waals surface area contributed by atoms with Gasteiger partial charge in [0.05, 0.1) is 16.9 Å². The van der Waals surface area contributed by atoms with Crippen LogP contribution in [0.5, 0.6) is 11.5 Å². The van der Waals surface area contributed by atoms with Crippen LogP contribution in [-0.4, -0.2) is 26.9 Å². The van der Waals surface area contributed by atoms with Gasteiger partial charge < -0.3 is 14.6 Å². The average Bonchev–Trinajstić information content (AvgIpc) is 3.07. The largest absolute Gasteiger partial charge is 0.454 e. The standard InChI is InChI=1S/C13H14ClN3O3/c1-2-3-17-10(6-15-16-17)12(18)8-4-9(14)13-11(5-8)19-7-20-13/h4-6,12,18H,2-3,7H2,1H3. The molecule has 0 amide bonds. The summed E-state index contributed by atoms with van der Waals surface area (Å²) in [5.74, 6) is 1.06. The molecule has 1 aliphatic rings. The Labute approximate surface area is 120 Å². The maximum atomic E-state index is 10.5. The zero-order valence-electron chi connectivity index (χ0n) is 10.9. The summed E-state index contributed by atoms with van der Waals surface area (Å²) in [5.41, 5.74) is 1.25. The lowest BCUT2D eigenvalue weighted by atomic mass is 10.1.